The van der Waals surface area contributed by atoms with E-state index in [2.05, 4.69) is 10.3 Å². The Labute approximate surface area is 124 Å². The number of anilines is 1. The van der Waals surface area contributed by atoms with Crippen LogP contribution in [0.1, 0.15) is 48.9 Å². The number of carbonyl (C=O) groups is 1. The molecule has 3 aliphatic carbocycles. The Bertz CT molecular complexity index is 496. The Balaban J connectivity index is 0.00000147. The zero-order chi connectivity index (χ0) is 13.5. The van der Waals surface area contributed by atoms with Gasteiger partial charge in [-0.2, -0.15) is 0 Å². The summed E-state index contributed by atoms with van der Waals surface area (Å²) in [6.45, 7) is 0. The standard InChI is InChI=1S/C14H19N3O2.ClH/c15-11-10(2-1-9-16-11)12(18)17-13-3-6-14(19,7-4-13)8-5-13;/h1-2,9,19H,3-8H2,(H2,15,16)(H,17,18);1H. The maximum absolute atomic E-state index is 12.3. The van der Waals surface area contributed by atoms with Crippen LogP contribution in [0.25, 0.3) is 0 Å². The summed E-state index contributed by atoms with van der Waals surface area (Å²) in [5.74, 6) is 0.109. The molecule has 3 fully saturated rings. The molecule has 6 heteroatoms. The van der Waals surface area contributed by atoms with Gasteiger partial charge in [0, 0.05) is 11.7 Å². The van der Waals surface area contributed by atoms with Crippen LogP contribution in [0.2, 0.25) is 0 Å². The molecule has 4 N–H and O–H groups in total. The molecular weight excluding hydrogens is 278 g/mol. The molecule has 20 heavy (non-hydrogen) atoms. The van der Waals surface area contributed by atoms with E-state index in [4.69, 9.17) is 5.73 Å². The molecule has 1 aromatic rings. The number of amides is 1. The molecule has 3 saturated carbocycles. The summed E-state index contributed by atoms with van der Waals surface area (Å²) in [6, 6.07) is 3.40. The fourth-order valence-electron chi connectivity index (χ4n) is 3.27. The topological polar surface area (TPSA) is 88.2 Å². The number of aromatic nitrogens is 1. The molecular formula is C14H20ClN3O2. The number of nitrogens with two attached hydrogens (primary N) is 1. The van der Waals surface area contributed by atoms with Crippen molar-refractivity contribution in [1.29, 1.82) is 0 Å². The van der Waals surface area contributed by atoms with Gasteiger partial charge in [-0.05, 0) is 50.7 Å². The normalized spacial score (nSPS) is 31.4. The van der Waals surface area contributed by atoms with Crippen molar-refractivity contribution in [2.75, 3.05) is 5.73 Å². The molecule has 0 radical (unpaired) electrons. The molecule has 0 saturated heterocycles. The number of rotatable bonds is 2. The molecule has 110 valence electrons. The van der Waals surface area contributed by atoms with E-state index in [-0.39, 0.29) is 29.7 Å². The van der Waals surface area contributed by atoms with Crippen LogP contribution in [0.15, 0.2) is 18.3 Å². The third-order valence-electron chi connectivity index (χ3n) is 4.67. The lowest BCUT2D eigenvalue weighted by molar-refractivity contribution is -0.0702. The zero-order valence-corrected chi connectivity index (χ0v) is 12.1. The number of nitrogen functional groups attached to an aromatic ring is 1. The van der Waals surface area contributed by atoms with Gasteiger partial charge in [-0.1, -0.05) is 0 Å². The largest absolute Gasteiger partial charge is 0.390 e. The van der Waals surface area contributed by atoms with Crippen LogP contribution < -0.4 is 11.1 Å². The average Bonchev–Trinajstić information content (AvgIpc) is 2.41. The second-order valence-electron chi connectivity index (χ2n) is 5.89. The zero-order valence-electron chi connectivity index (χ0n) is 11.3. The third kappa shape index (κ3) is 2.60. The molecule has 1 aromatic heterocycles. The quantitative estimate of drug-likeness (QED) is 0.774. The van der Waals surface area contributed by atoms with Gasteiger partial charge < -0.3 is 16.2 Å². The molecule has 0 spiro atoms. The van der Waals surface area contributed by atoms with E-state index >= 15 is 0 Å². The van der Waals surface area contributed by atoms with Gasteiger partial charge in [0.2, 0.25) is 0 Å². The van der Waals surface area contributed by atoms with Crippen molar-refractivity contribution in [2.45, 2.75) is 49.7 Å². The van der Waals surface area contributed by atoms with Crippen molar-refractivity contribution in [3.8, 4) is 0 Å². The molecule has 5 nitrogen and oxygen atoms in total. The lowest BCUT2D eigenvalue weighted by Crippen LogP contribution is -2.58. The maximum Gasteiger partial charge on any atom is 0.255 e. The van der Waals surface area contributed by atoms with Gasteiger partial charge in [0.1, 0.15) is 5.82 Å². The Morgan fingerprint density at radius 1 is 1.25 bits per heavy atom. The van der Waals surface area contributed by atoms with Crippen LogP contribution in [-0.4, -0.2) is 27.1 Å². The monoisotopic (exact) mass is 297 g/mol. The molecule has 0 aromatic carbocycles. The first-order chi connectivity index (χ1) is 9.02. The predicted molar refractivity (Wildman–Crippen MR) is 78.7 cm³/mol. The van der Waals surface area contributed by atoms with Gasteiger partial charge in [0.25, 0.3) is 5.91 Å². The molecule has 0 atom stereocenters. The number of pyridine rings is 1. The smallest absolute Gasteiger partial charge is 0.255 e. The first-order valence-electron chi connectivity index (χ1n) is 6.77. The molecule has 0 aliphatic heterocycles. The van der Waals surface area contributed by atoms with E-state index in [1.165, 1.54) is 0 Å². The van der Waals surface area contributed by atoms with Crippen molar-refractivity contribution < 1.29 is 9.90 Å². The summed E-state index contributed by atoms with van der Waals surface area (Å²) in [5, 5.41) is 13.3. The minimum Gasteiger partial charge on any atom is -0.390 e. The highest BCUT2D eigenvalue weighted by molar-refractivity contribution is 5.98. The number of halogens is 1. The van der Waals surface area contributed by atoms with E-state index in [9.17, 15) is 9.90 Å². The minimum absolute atomic E-state index is 0. The second-order valence-corrected chi connectivity index (χ2v) is 5.89. The number of aliphatic hydroxyl groups is 1. The molecule has 3 aliphatic rings. The fraction of sp³-hybridized carbons (Fsp3) is 0.571. The summed E-state index contributed by atoms with van der Waals surface area (Å²) in [7, 11) is 0. The van der Waals surface area contributed by atoms with Crippen molar-refractivity contribution in [3.05, 3.63) is 23.9 Å². The molecule has 1 amide bonds. The number of hydrogen-bond acceptors (Lipinski definition) is 4. The molecule has 2 bridgehead atoms. The minimum atomic E-state index is -0.486. The van der Waals surface area contributed by atoms with Crippen molar-refractivity contribution in [3.63, 3.8) is 0 Å². The van der Waals surface area contributed by atoms with Gasteiger partial charge in [0.05, 0.1) is 11.2 Å². The highest BCUT2D eigenvalue weighted by Gasteiger charge is 2.48. The van der Waals surface area contributed by atoms with Gasteiger partial charge in [0.15, 0.2) is 0 Å². The summed E-state index contributed by atoms with van der Waals surface area (Å²) >= 11 is 0. The van der Waals surface area contributed by atoms with E-state index in [1.807, 2.05) is 0 Å². The first-order valence-corrected chi connectivity index (χ1v) is 6.77. The van der Waals surface area contributed by atoms with E-state index in [1.54, 1.807) is 18.3 Å². The highest BCUT2D eigenvalue weighted by atomic mass is 35.5. The lowest BCUT2D eigenvalue weighted by Gasteiger charge is -2.51. The van der Waals surface area contributed by atoms with E-state index in [0.717, 1.165) is 38.5 Å². The van der Waals surface area contributed by atoms with Crippen LogP contribution in [0.3, 0.4) is 0 Å². The average molecular weight is 298 g/mol. The van der Waals surface area contributed by atoms with Crippen molar-refractivity contribution in [1.82, 2.24) is 10.3 Å². The third-order valence-corrected chi connectivity index (χ3v) is 4.67. The van der Waals surface area contributed by atoms with E-state index < -0.39 is 5.60 Å². The first kappa shape index (κ1) is 15.1. The number of hydrogen-bond donors (Lipinski definition) is 3. The lowest BCUT2D eigenvalue weighted by atomic mass is 9.63. The molecule has 1 heterocycles. The number of fused-ring (bicyclic) bond motifs is 3. The van der Waals surface area contributed by atoms with Gasteiger partial charge in [-0.15, -0.1) is 12.4 Å². The van der Waals surface area contributed by atoms with Crippen molar-refractivity contribution in [2.24, 2.45) is 0 Å². The number of nitrogens with zero attached hydrogens (tertiary/aromatic N) is 1. The van der Waals surface area contributed by atoms with Crippen LogP contribution in [0.5, 0.6) is 0 Å². The van der Waals surface area contributed by atoms with Crippen LogP contribution in [0, 0.1) is 0 Å². The SMILES string of the molecule is Cl.Nc1ncccc1C(=O)NC12CCC(O)(CC1)CC2. The summed E-state index contributed by atoms with van der Waals surface area (Å²) in [6.07, 6.45) is 6.42. The van der Waals surface area contributed by atoms with E-state index in [0.29, 0.717) is 5.56 Å². The maximum atomic E-state index is 12.3. The Kier molecular flexibility index (Phi) is 3.93. The van der Waals surface area contributed by atoms with Crippen molar-refractivity contribution >= 4 is 24.1 Å². The Morgan fingerprint density at radius 2 is 1.85 bits per heavy atom. The summed E-state index contributed by atoms with van der Waals surface area (Å²) < 4.78 is 0. The fourth-order valence-corrected chi connectivity index (χ4v) is 3.27. The Hall–Kier alpha value is -1.33. The summed E-state index contributed by atoms with van der Waals surface area (Å²) in [4.78, 5) is 16.2. The van der Waals surface area contributed by atoms with Gasteiger partial charge >= 0.3 is 0 Å². The predicted octanol–water partition coefficient (Wildman–Crippen LogP) is 1.65. The van der Waals surface area contributed by atoms with Crippen LogP contribution in [0.4, 0.5) is 5.82 Å². The van der Waals surface area contributed by atoms with Gasteiger partial charge in [-0.25, -0.2) is 4.98 Å². The highest BCUT2D eigenvalue weighted by Crippen LogP contribution is 2.46. The molecule has 0 unspecified atom stereocenters. The summed E-state index contributed by atoms with van der Waals surface area (Å²) in [5.41, 5.74) is 5.51. The number of carbonyl (C=O) groups excluding carboxylic acids is 1. The number of nitrogens with one attached hydrogen (secondary N) is 1. The molecule has 4 rings (SSSR count). The van der Waals surface area contributed by atoms with Crippen LogP contribution >= 0.6 is 12.4 Å². The van der Waals surface area contributed by atoms with Crippen LogP contribution in [-0.2, 0) is 0 Å². The van der Waals surface area contributed by atoms with Gasteiger partial charge in [-0.3, -0.25) is 4.79 Å². The second kappa shape index (κ2) is 5.22. The Morgan fingerprint density at radius 3 is 2.40 bits per heavy atom.